The van der Waals surface area contributed by atoms with Gasteiger partial charge in [-0.25, -0.2) is 26.8 Å². The first-order chi connectivity index (χ1) is 31.4. The molecule has 4 aliphatic rings. The molecular formula is C49H61N5O11S2. The molecule has 0 radical (unpaired) electrons. The largest absolute Gasteiger partial charge is 0.471 e. The second-order valence-electron chi connectivity index (χ2n) is 19.6. The van der Waals surface area contributed by atoms with Crippen LogP contribution >= 0.6 is 0 Å². The predicted molar refractivity (Wildman–Crippen MR) is 252 cm³/mol. The molecule has 4 aromatic rings. The normalized spacial score (nSPS) is 18.3. The van der Waals surface area contributed by atoms with Gasteiger partial charge in [-0.1, -0.05) is 24.3 Å². The SMILES string of the molecule is CC(=O)CC[C@H]1CN(S(=O)(=O)c2cccc(C3CC3)c2)c2cc(N)cnc2O1.CC(C)(C)OC(=O)CC[C@H]1CN(S(=O)(=O)c2cccc(C3CC3)c2)c2cc(CC(=O)OC(C)(C)C)cnc2O1. The van der Waals surface area contributed by atoms with Crippen LogP contribution in [0.3, 0.4) is 0 Å². The van der Waals surface area contributed by atoms with Crippen LogP contribution in [0.4, 0.5) is 17.1 Å². The number of pyridine rings is 2. The van der Waals surface area contributed by atoms with Crippen LogP contribution in [0, 0.1) is 0 Å². The number of aromatic nitrogens is 2. The Balaban J connectivity index is 0.000000209. The van der Waals surface area contributed by atoms with Gasteiger partial charge >= 0.3 is 11.9 Å². The number of carbonyl (C=O) groups excluding carboxylic acids is 3. The number of ketones is 1. The van der Waals surface area contributed by atoms with Crippen molar-refractivity contribution < 1.29 is 50.2 Å². The van der Waals surface area contributed by atoms with E-state index in [1.165, 1.54) is 27.9 Å². The van der Waals surface area contributed by atoms with Crippen molar-refractivity contribution in [1.82, 2.24) is 9.97 Å². The third-order valence-electron chi connectivity index (χ3n) is 11.2. The lowest BCUT2D eigenvalue weighted by atomic mass is 10.1. The highest BCUT2D eigenvalue weighted by molar-refractivity contribution is 7.93. The number of nitrogens with zero attached hydrogens (tertiary/aromatic N) is 4. The third-order valence-corrected chi connectivity index (χ3v) is 14.8. The number of fused-ring (bicyclic) bond motifs is 2. The quantitative estimate of drug-likeness (QED) is 0.120. The van der Waals surface area contributed by atoms with Gasteiger partial charge in [-0.15, -0.1) is 0 Å². The molecule has 0 bridgehead atoms. The average molecular weight is 960 g/mol. The first-order valence-electron chi connectivity index (χ1n) is 22.7. The Labute approximate surface area is 393 Å². The number of hydrogen-bond donors (Lipinski definition) is 1. The number of Topliss-reactive ketones (excluding diaryl/α,β-unsaturated/α-hetero) is 1. The van der Waals surface area contributed by atoms with Crippen LogP contribution in [0.1, 0.15) is 128 Å². The molecule has 2 aromatic carbocycles. The van der Waals surface area contributed by atoms with Gasteiger partial charge in [0.1, 0.15) is 40.6 Å². The van der Waals surface area contributed by atoms with E-state index in [0.717, 1.165) is 36.8 Å². The van der Waals surface area contributed by atoms with Gasteiger partial charge in [0, 0.05) is 19.0 Å². The molecule has 360 valence electrons. The first-order valence-corrected chi connectivity index (χ1v) is 25.6. The molecule has 2 aliphatic heterocycles. The zero-order valence-corrected chi connectivity index (χ0v) is 40.8. The molecule has 2 aromatic heterocycles. The first kappa shape index (κ1) is 49.2. The average Bonchev–Trinajstić information content (AvgIpc) is 4.18. The molecule has 2 saturated carbocycles. The van der Waals surface area contributed by atoms with Gasteiger partial charge in [0.05, 0.1) is 41.2 Å². The molecule has 67 heavy (non-hydrogen) atoms. The molecule has 18 heteroatoms. The Morgan fingerprint density at radius 1 is 0.672 bits per heavy atom. The molecule has 4 heterocycles. The van der Waals surface area contributed by atoms with E-state index in [1.807, 2.05) is 12.1 Å². The maximum atomic E-state index is 14.0. The number of rotatable bonds is 14. The zero-order chi connectivity index (χ0) is 48.5. The second-order valence-corrected chi connectivity index (χ2v) is 23.4. The lowest BCUT2D eigenvalue weighted by Crippen LogP contribution is -2.44. The van der Waals surface area contributed by atoms with Crippen molar-refractivity contribution in [1.29, 1.82) is 0 Å². The van der Waals surface area contributed by atoms with Gasteiger partial charge in [0.25, 0.3) is 20.0 Å². The lowest BCUT2D eigenvalue weighted by Gasteiger charge is -2.35. The number of hydrogen-bond acceptors (Lipinski definition) is 14. The maximum Gasteiger partial charge on any atom is 0.310 e. The monoisotopic (exact) mass is 959 g/mol. The standard InChI is InChI=1S/C29H38N2O7S.C20H23N3O4S/c1-28(2,3)37-25(32)13-12-22-18-31(39(34,35)23-9-7-8-21(16-23)20-10-11-20)24-14-19(17-30-27(24)36-22)15-26(33)38-29(4,5)6;1-13(24)5-8-17-12-23(19-10-16(21)11-22-20(19)27-17)28(25,26)18-4-2-3-15(9-18)14-6-7-14/h7-9,14,16-17,20,22H,10-13,15,18H2,1-6H3;2-4,9-11,14,17H,5-8,12,21H2,1H3/t22-;17-/m00/s1. The van der Waals surface area contributed by atoms with Crippen LogP contribution in [-0.4, -0.2) is 81.0 Å². The summed E-state index contributed by atoms with van der Waals surface area (Å²) < 4.78 is 80.3. The number of sulfonamides is 2. The molecular weight excluding hydrogens is 899 g/mol. The summed E-state index contributed by atoms with van der Waals surface area (Å²) >= 11 is 0. The fourth-order valence-corrected chi connectivity index (χ4v) is 10.9. The summed E-state index contributed by atoms with van der Waals surface area (Å²) in [5.74, 6) is 0.396. The number of nitrogens with two attached hydrogens (primary N) is 1. The van der Waals surface area contributed by atoms with E-state index in [9.17, 15) is 31.2 Å². The van der Waals surface area contributed by atoms with Gasteiger partial charge in [-0.2, -0.15) is 0 Å². The smallest absolute Gasteiger partial charge is 0.310 e. The number of anilines is 3. The molecule has 0 spiro atoms. The van der Waals surface area contributed by atoms with Gasteiger partial charge in [0.2, 0.25) is 11.8 Å². The Hall–Kier alpha value is -5.75. The molecule has 16 nitrogen and oxygen atoms in total. The van der Waals surface area contributed by atoms with Gasteiger partial charge < -0.3 is 29.5 Å². The summed E-state index contributed by atoms with van der Waals surface area (Å²) in [5.41, 5.74) is 8.08. The van der Waals surface area contributed by atoms with Crippen molar-refractivity contribution >= 4 is 54.8 Å². The van der Waals surface area contributed by atoms with Crippen LogP contribution in [0.2, 0.25) is 0 Å². The minimum Gasteiger partial charge on any atom is -0.471 e. The highest BCUT2D eigenvalue weighted by atomic mass is 32.2. The topological polar surface area (TPSA) is 215 Å². The summed E-state index contributed by atoms with van der Waals surface area (Å²) in [7, 11) is -7.82. The second kappa shape index (κ2) is 19.5. The van der Waals surface area contributed by atoms with Crippen molar-refractivity contribution in [3.63, 3.8) is 0 Å². The Kier molecular flexibility index (Phi) is 14.3. The van der Waals surface area contributed by atoms with Crippen LogP contribution in [0.25, 0.3) is 0 Å². The highest BCUT2D eigenvalue weighted by Crippen LogP contribution is 2.44. The number of nitrogen functional groups attached to an aromatic ring is 1. The molecule has 0 saturated heterocycles. The van der Waals surface area contributed by atoms with E-state index in [2.05, 4.69) is 9.97 Å². The molecule has 2 fully saturated rings. The molecule has 2 atom stereocenters. The minimum absolute atomic E-state index is 0.0106. The van der Waals surface area contributed by atoms with E-state index >= 15 is 0 Å². The number of carbonyl (C=O) groups is 3. The predicted octanol–water partition coefficient (Wildman–Crippen LogP) is 7.79. The van der Waals surface area contributed by atoms with Crippen LogP contribution in [0.5, 0.6) is 11.8 Å². The fraction of sp³-hybridized carbons (Fsp3) is 0.490. The lowest BCUT2D eigenvalue weighted by molar-refractivity contribution is -0.155. The summed E-state index contributed by atoms with van der Waals surface area (Å²) in [6.07, 6.45) is 7.15. The van der Waals surface area contributed by atoms with Gasteiger partial charge in [0.15, 0.2) is 0 Å². The summed E-state index contributed by atoms with van der Waals surface area (Å²) in [6, 6.07) is 17.3. The summed E-state index contributed by atoms with van der Waals surface area (Å²) in [4.78, 5) is 45.1. The Morgan fingerprint density at radius 3 is 1.61 bits per heavy atom. The molecule has 0 amide bonds. The van der Waals surface area contributed by atoms with E-state index in [0.29, 0.717) is 41.6 Å². The van der Waals surface area contributed by atoms with Crippen molar-refractivity contribution in [2.45, 2.75) is 151 Å². The number of benzene rings is 2. The van der Waals surface area contributed by atoms with Crippen molar-refractivity contribution in [3.8, 4) is 11.8 Å². The zero-order valence-electron chi connectivity index (χ0n) is 39.2. The molecule has 8 rings (SSSR count). The highest BCUT2D eigenvalue weighted by Gasteiger charge is 2.39. The number of esters is 2. The Bertz CT molecular complexity index is 2730. The van der Waals surface area contributed by atoms with E-state index < -0.39 is 49.4 Å². The van der Waals surface area contributed by atoms with Crippen molar-refractivity contribution in [3.05, 3.63) is 89.7 Å². The van der Waals surface area contributed by atoms with Crippen molar-refractivity contribution in [2.24, 2.45) is 0 Å². The van der Waals surface area contributed by atoms with Crippen LogP contribution < -0.4 is 23.8 Å². The fourth-order valence-electron chi connectivity index (χ4n) is 7.81. The summed E-state index contributed by atoms with van der Waals surface area (Å²) in [6.45, 7) is 12.3. The van der Waals surface area contributed by atoms with Crippen molar-refractivity contribution in [2.75, 3.05) is 27.4 Å². The van der Waals surface area contributed by atoms with E-state index in [4.69, 9.17) is 24.7 Å². The molecule has 0 unspecified atom stereocenters. The van der Waals surface area contributed by atoms with Crippen LogP contribution in [0.15, 0.2) is 82.8 Å². The molecule has 2 aliphatic carbocycles. The third kappa shape index (κ3) is 12.8. The minimum atomic E-state index is -4.00. The number of ether oxygens (including phenoxy) is 4. The van der Waals surface area contributed by atoms with E-state index in [1.54, 1.807) is 90.1 Å². The summed E-state index contributed by atoms with van der Waals surface area (Å²) in [5, 5.41) is 0. The maximum absolute atomic E-state index is 14.0. The Morgan fingerprint density at radius 2 is 1.13 bits per heavy atom. The molecule has 2 N–H and O–H groups in total. The van der Waals surface area contributed by atoms with Gasteiger partial charge in [-0.05, 0) is 152 Å². The van der Waals surface area contributed by atoms with Crippen LogP contribution in [-0.2, 0) is 50.3 Å². The van der Waals surface area contributed by atoms with Gasteiger partial charge in [-0.3, -0.25) is 18.2 Å². The van der Waals surface area contributed by atoms with E-state index in [-0.39, 0.29) is 71.3 Å².